The minimum Gasteiger partial charge on any atom is -1.00 e. The van der Waals surface area contributed by atoms with Gasteiger partial charge in [0.1, 0.15) is 0 Å². The van der Waals surface area contributed by atoms with Crippen LogP contribution in [0, 0.1) is 0 Å². The van der Waals surface area contributed by atoms with Crippen molar-refractivity contribution < 1.29 is 51.0 Å². The fraction of sp³-hybridized carbons (Fsp3) is 0.0714. The molecule has 0 atom stereocenters. The van der Waals surface area contributed by atoms with Crippen molar-refractivity contribution >= 4 is 43.1 Å². The number of rotatable bonds is 3. The van der Waals surface area contributed by atoms with Gasteiger partial charge in [0.15, 0.2) is 0 Å². The average Bonchev–Trinajstić information content (AvgIpc) is 3.36. The Morgan fingerprint density at radius 2 is 1.26 bits per heavy atom. The Bertz CT molecular complexity index is 1470. The number of fused-ring (bicyclic) bond motifs is 6. The molecule has 0 nitrogen and oxygen atoms in total. The van der Waals surface area contributed by atoms with E-state index in [9.17, 15) is 0 Å². The van der Waals surface area contributed by atoms with E-state index >= 15 is 0 Å². The van der Waals surface area contributed by atoms with E-state index in [1.165, 1.54) is 54.2 Å². The normalized spacial score (nSPS) is 10.7. The molecule has 150 valence electrons. The van der Waals surface area contributed by atoms with Crippen LogP contribution in [0.25, 0.3) is 43.1 Å². The van der Waals surface area contributed by atoms with E-state index < -0.39 is 0 Å². The zero-order valence-corrected chi connectivity index (χ0v) is 20.9. The van der Waals surface area contributed by atoms with Gasteiger partial charge >= 0.3 is 26.2 Å². The van der Waals surface area contributed by atoms with E-state index in [-0.39, 0.29) is 51.0 Å². The Morgan fingerprint density at radius 3 is 2.03 bits per heavy atom. The van der Waals surface area contributed by atoms with Crippen LogP contribution in [-0.2, 0) is 39.0 Å². The molecule has 31 heavy (non-hydrogen) atoms. The molecule has 0 amide bonds. The third-order valence-corrected chi connectivity index (χ3v) is 6.10. The van der Waals surface area contributed by atoms with E-state index in [2.05, 4.69) is 97.1 Å². The Balaban J connectivity index is 0.000000907. The zero-order valence-electron chi connectivity index (χ0n) is 16.9. The largest absolute Gasteiger partial charge is 4.00 e. The number of hydrogen-bond donors (Lipinski definition) is 0. The van der Waals surface area contributed by atoms with Gasteiger partial charge in [0, 0.05) is 0 Å². The number of benzene rings is 4. The minimum absolute atomic E-state index is 0. The molecule has 0 aliphatic carbocycles. The smallest absolute Gasteiger partial charge is 1.00 e. The molecular formula is C28H20Cl2Zr. The summed E-state index contributed by atoms with van der Waals surface area (Å²) in [7, 11) is 0. The molecule has 0 radical (unpaired) electrons. The first kappa shape index (κ1) is 23.7. The van der Waals surface area contributed by atoms with Gasteiger partial charge in [0.2, 0.25) is 0 Å². The SMILES string of the molecule is [Cl-].[Cl-].[Zr+4].c1ccc2c(c1)ccc1[cH-]c(CCc3c[cH-]c4ccc5ccccc5c34)cc12. The second-order valence-electron chi connectivity index (χ2n) is 7.76. The second kappa shape index (κ2) is 9.70. The summed E-state index contributed by atoms with van der Waals surface area (Å²) >= 11 is 0. The monoisotopic (exact) mass is 516 g/mol. The van der Waals surface area contributed by atoms with Gasteiger partial charge in [-0.25, -0.2) is 0 Å². The number of halogens is 2. The summed E-state index contributed by atoms with van der Waals surface area (Å²) in [4.78, 5) is 0. The van der Waals surface area contributed by atoms with Crippen LogP contribution in [0.2, 0.25) is 0 Å². The molecule has 0 unspecified atom stereocenters. The quantitative estimate of drug-likeness (QED) is 0.312. The van der Waals surface area contributed by atoms with E-state index in [1.807, 2.05) is 0 Å². The van der Waals surface area contributed by atoms with Crippen LogP contribution in [-0.4, -0.2) is 0 Å². The summed E-state index contributed by atoms with van der Waals surface area (Å²) in [5.74, 6) is 0. The average molecular weight is 519 g/mol. The van der Waals surface area contributed by atoms with E-state index in [4.69, 9.17) is 0 Å². The van der Waals surface area contributed by atoms with E-state index in [0.29, 0.717) is 0 Å². The van der Waals surface area contributed by atoms with Crippen LogP contribution in [0.15, 0.2) is 97.1 Å². The maximum atomic E-state index is 2.39. The molecule has 0 saturated heterocycles. The standard InChI is InChI=1S/C28H20.2ClH.Zr/c1-3-7-25-20(5-1)12-16-24-17-19(18-27(24)25)9-10-22-14-15-23-13-11-21-6-2-4-8-26(21)28(22)23;;;/h1-8,11-18H,9-10H2;2*1H;/q-2;;;+4/p-2. The molecule has 3 heteroatoms. The van der Waals surface area contributed by atoms with Crippen molar-refractivity contribution in [2.75, 3.05) is 0 Å². The first-order chi connectivity index (χ1) is 13.9. The van der Waals surface area contributed by atoms with Crippen molar-refractivity contribution in [3.05, 3.63) is 108 Å². The van der Waals surface area contributed by atoms with Gasteiger partial charge in [-0.2, -0.15) is 11.6 Å². The molecule has 0 aromatic heterocycles. The second-order valence-corrected chi connectivity index (χ2v) is 7.76. The van der Waals surface area contributed by atoms with Gasteiger partial charge in [0.05, 0.1) is 0 Å². The van der Waals surface area contributed by atoms with E-state index in [0.717, 1.165) is 12.8 Å². The fourth-order valence-electron chi connectivity index (χ4n) is 4.72. The van der Waals surface area contributed by atoms with Crippen LogP contribution >= 0.6 is 0 Å². The Kier molecular flexibility index (Phi) is 7.43. The molecule has 0 N–H and O–H groups in total. The molecular weight excluding hydrogens is 498 g/mol. The summed E-state index contributed by atoms with van der Waals surface area (Å²) in [6.45, 7) is 0. The number of aryl methyl sites for hydroxylation is 2. The van der Waals surface area contributed by atoms with Crippen molar-refractivity contribution in [2.45, 2.75) is 12.8 Å². The van der Waals surface area contributed by atoms with Crippen molar-refractivity contribution in [1.82, 2.24) is 0 Å². The summed E-state index contributed by atoms with van der Waals surface area (Å²) in [6, 6.07) is 35.7. The van der Waals surface area contributed by atoms with Gasteiger partial charge in [-0.15, -0.1) is 57.4 Å². The molecule has 0 bridgehead atoms. The zero-order chi connectivity index (χ0) is 18.5. The minimum atomic E-state index is 0. The molecule has 0 heterocycles. The molecule has 0 fully saturated rings. The van der Waals surface area contributed by atoms with Gasteiger partial charge in [-0.3, -0.25) is 0 Å². The Hall–Kier alpha value is -1.92. The van der Waals surface area contributed by atoms with Gasteiger partial charge in [-0.05, 0) is 10.8 Å². The summed E-state index contributed by atoms with van der Waals surface area (Å²) < 4.78 is 0. The van der Waals surface area contributed by atoms with Crippen molar-refractivity contribution in [3.8, 4) is 0 Å². The van der Waals surface area contributed by atoms with Crippen molar-refractivity contribution in [1.29, 1.82) is 0 Å². The van der Waals surface area contributed by atoms with Gasteiger partial charge in [0.25, 0.3) is 0 Å². The third-order valence-electron chi connectivity index (χ3n) is 6.10. The Labute approximate surface area is 213 Å². The van der Waals surface area contributed by atoms with Crippen LogP contribution in [0.1, 0.15) is 11.1 Å². The molecule has 0 aliphatic heterocycles. The topological polar surface area (TPSA) is 0 Å². The fourth-order valence-corrected chi connectivity index (χ4v) is 4.72. The molecule has 6 aromatic rings. The maximum Gasteiger partial charge on any atom is 4.00 e. The van der Waals surface area contributed by atoms with Crippen LogP contribution < -0.4 is 24.8 Å². The third kappa shape index (κ3) is 4.12. The first-order valence-electron chi connectivity index (χ1n) is 10.00. The Morgan fingerprint density at radius 1 is 0.613 bits per heavy atom. The van der Waals surface area contributed by atoms with E-state index in [1.54, 1.807) is 0 Å². The predicted octanol–water partition coefficient (Wildman–Crippen LogP) is 1.53. The summed E-state index contributed by atoms with van der Waals surface area (Å²) in [5.41, 5.74) is 2.89. The van der Waals surface area contributed by atoms with Crippen LogP contribution in [0.5, 0.6) is 0 Å². The predicted molar refractivity (Wildman–Crippen MR) is 122 cm³/mol. The molecule has 0 spiro atoms. The molecule has 6 rings (SSSR count). The maximum absolute atomic E-state index is 2.39. The molecule has 6 aromatic carbocycles. The molecule has 0 aliphatic rings. The van der Waals surface area contributed by atoms with Crippen molar-refractivity contribution in [2.24, 2.45) is 0 Å². The summed E-state index contributed by atoms with van der Waals surface area (Å²) in [5, 5.41) is 10.9. The van der Waals surface area contributed by atoms with Gasteiger partial charge in [-0.1, -0.05) is 84.3 Å². The van der Waals surface area contributed by atoms with Crippen molar-refractivity contribution in [3.63, 3.8) is 0 Å². The van der Waals surface area contributed by atoms with Crippen LogP contribution in [0.4, 0.5) is 0 Å². The first-order valence-corrected chi connectivity index (χ1v) is 10.00. The summed E-state index contributed by atoms with van der Waals surface area (Å²) in [6.07, 6.45) is 2.15. The molecule has 0 saturated carbocycles. The van der Waals surface area contributed by atoms with Gasteiger partial charge < -0.3 is 24.8 Å². The number of hydrogen-bond acceptors (Lipinski definition) is 0. The van der Waals surface area contributed by atoms with Crippen LogP contribution in [0.3, 0.4) is 0 Å².